The fourth-order valence-corrected chi connectivity index (χ4v) is 3.68. The first kappa shape index (κ1) is 24.0. The minimum absolute atomic E-state index is 0.0109. The summed E-state index contributed by atoms with van der Waals surface area (Å²) in [5.74, 6) is -3.23. The Morgan fingerprint density at radius 3 is 2.80 bits per heavy atom. The smallest absolute Gasteiger partial charge is 0.301 e. The maximum atomic E-state index is 14.7. The molecule has 0 bridgehead atoms. The number of alkyl halides is 2. The van der Waals surface area contributed by atoms with Gasteiger partial charge in [0.25, 0.3) is 5.91 Å². The predicted molar refractivity (Wildman–Crippen MR) is 122 cm³/mol. The summed E-state index contributed by atoms with van der Waals surface area (Å²) in [6.07, 6.45) is 0.149. The maximum Gasteiger partial charge on any atom is 0.301 e. The van der Waals surface area contributed by atoms with E-state index < -0.39 is 30.6 Å². The van der Waals surface area contributed by atoms with Crippen LogP contribution in [-0.2, 0) is 4.79 Å². The van der Waals surface area contributed by atoms with E-state index in [0.29, 0.717) is 23.0 Å². The van der Waals surface area contributed by atoms with E-state index in [1.165, 1.54) is 19.1 Å². The Morgan fingerprint density at radius 2 is 2.11 bits per heavy atom. The Kier molecular flexibility index (Phi) is 6.84. The molecule has 1 aliphatic heterocycles. The molecule has 4 rings (SSSR count). The number of benzene rings is 1. The van der Waals surface area contributed by atoms with E-state index in [1.807, 2.05) is 12.1 Å². The fraction of sp³-hybridized carbons (Fsp3) is 0.292. The molecule has 2 atom stereocenters. The molecule has 11 heteroatoms. The zero-order chi connectivity index (χ0) is 25.0. The molecule has 0 spiro atoms. The number of nitriles is 1. The Hall–Kier alpha value is -4.17. The molecule has 1 unspecified atom stereocenters. The van der Waals surface area contributed by atoms with Crippen LogP contribution in [0.1, 0.15) is 18.9 Å². The number of pyridine rings is 1. The van der Waals surface area contributed by atoms with Gasteiger partial charge in [0.15, 0.2) is 6.10 Å². The van der Waals surface area contributed by atoms with Crippen LogP contribution >= 0.6 is 0 Å². The highest BCUT2D eigenvalue weighted by Crippen LogP contribution is 2.34. The van der Waals surface area contributed by atoms with Crippen molar-refractivity contribution in [1.82, 2.24) is 19.9 Å². The average molecular weight is 480 g/mol. The number of aliphatic hydroxyl groups excluding tert-OH is 1. The molecule has 180 valence electrons. The summed E-state index contributed by atoms with van der Waals surface area (Å²) in [6, 6.07) is 13.6. The fourth-order valence-electron chi connectivity index (χ4n) is 3.68. The molecule has 2 aromatic heterocycles. The van der Waals surface area contributed by atoms with Crippen LogP contribution in [0.15, 0.2) is 54.9 Å². The number of halogens is 2. The number of rotatable bonds is 6. The molecule has 1 amide bonds. The van der Waals surface area contributed by atoms with Crippen molar-refractivity contribution < 1.29 is 23.4 Å². The number of ether oxygens (including phenoxy) is 1. The number of amides is 1. The first-order valence-corrected chi connectivity index (χ1v) is 10.8. The maximum absolute atomic E-state index is 14.7. The van der Waals surface area contributed by atoms with Crippen molar-refractivity contribution in [2.75, 3.05) is 18.4 Å². The highest BCUT2D eigenvalue weighted by Gasteiger charge is 2.48. The van der Waals surface area contributed by atoms with Gasteiger partial charge >= 0.3 is 5.92 Å². The lowest BCUT2D eigenvalue weighted by molar-refractivity contribution is -0.165. The van der Waals surface area contributed by atoms with Crippen molar-refractivity contribution in [3.05, 3.63) is 60.4 Å². The zero-order valence-electron chi connectivity index (χ0n) is 18.7. The van der Waals surface area contributed by atoms with Crippen LogP contribution in [0.5, 0.6) is 5.75 Å². The van der Waals surface area contributed by atoms with Crippen molar-refractivity contribution in [3.63, 3.8) is 0 Å². The lowest BCUT2D eigenvalue weighted by Gasteiger charge is -2.38. The quantitative estimate of drug-likeness (QED) is 0.551. The molecule has 1 fully saturated rings. The predicted octanol–water partition coefficient (Wildman–Crippen LogP) is 3.15. The van der Waals surface area contributed by atoms with E-state index in [4.69, 9.17) is 4.74 Å². The summed E-state index contributed by atoms with van der Waals surface area (Å²) < 4.78 is 35.0. The van der Waals surface area contributed by atoms with Crippen molar-refractivity contribution in [2.24, 2.45) is 0 Å². The Balaban J connectivity index is 1.51. The van der Waals surface area contributed by atoms with Crippen molar-refractivity contribution >= 4 is 17.7 Å². The molecular formula is C24H22F2N6O3. The third kappa shape index (κ3) is 5.50. The van der Waals surface area contributed by atoms with Gasteiger partial charge in [-0.25, -0.2) is 23.7 Å². The highest BCUT2D eigenvalue weighted by atomic mass is 19.3. The van der Waals surface area contributed by atoms with E-state index >= 15 is 0 Å². The number of hydrogen-bond acceptors (Lipinski definition) is 8. The second-order valence-electron chi connectivity index (χ2n) is 8.02. The highest BCUT2D eigenvalue weighted by molar-refractivity contribution is 5.80. The number of carbonyl (C=O) groups excluding carboxylic acids is 1. The van der Waals surface area contributed by atoms with Crippen molar-refractivity contribution in [3.8, 4) is 23.1 Å². The largest absolute Gasteiger partial charge is 0.483 e. The van der Waals surface area contributed by atoms with Crippen LogP contribution in [0.4, 0.5) is 20.5 Å². The van der Waals surface area contributed by atoms with Gasteiger partial charge in [0.2, 0.25) is 5.95 Å². The summed E-state index contributed by atoms with van der Waals surface area (Å²) in [4.78, 5) is 25.6. The molecule has 0 radical (unpaired) electrons. The van der Waals surface area contributed by atoms with Crippen molar-refractivity contribution in [1.29, 1.82) is 5.26 Å². The topological polar surface area (TPSA) is 124 Å². The van der Waals surface area contributed by atoms with Gasteiger partial charge in [0.05, 0.1) is 17.8 Å². The number of carbonyl (C=O) groups is 1. The molecule has 1 aromatic carbocycles. The summed E-state index contributed by atoms with van der Waals surface area (Å²) in [7, 11) is 0. The molecular weight excluding hydrogens is 458 g/mol. The van der Waals surface area contributed by atoms with Crippen molar-refractivity contribution in [2.45, 2.75) is 31.5 Å². The Morgan fingerprint density at radius 1 is 1.29 bits per heavy atom. The SMILES string of the molecule is C[C@H](O)C(=O)N1CCC(Oc2ccc(-c3ccnc(Nc4ccccn4)n3)cc2C#N)C(F)(F)C1. The van der Waals surface area contributed by atoms with E-state index in [9.17, 15) is 23.9 Å². The summed E-state index contributed by atoms with van der Waals surface area (Å²) >= 11 is 0. The molecule has 3 heterocycles. The van der Waals surface area contributed by atoms with E-state index in [1.54, 1.807) is 36.7 Å². The van der Waals surface area contributed by atoms with Crippen LogP contribution in [0.2, 0.25) is 0 Å². The van der Waals surface area contributed by atoms with Crippen LogP contribution in [-0.4, -0.2) is 62.1 Å². The summed E-state index contributed by atoms with van der Waals surface area (Å²) in [5.41, 5.74) is 1.15. The minimum Gasteiger partial charge on any atom is -0.483 e. The number of hydrogen-bond donors (Lipinski definition) is 2. The second kappa shape index (κ2) is 9.99. The zero-order valence-corrected chi connectivity index (χ0v) is 18.7. The number of nitrogens with zero attached hydrogens (tertiary/aromatic N) is 5. The first-order valence-electron chi connectivity index (χ1n) is 10.8. The molecule has 2 N–H and O–H groups in total. The van der Waals surface area contributed by atoms with Gasteiger partial charge < -0.3 is 20.1 Å². The normalized spacial score (nSPS) is 17.8. The van der Waals surface area contributed by atoms with Crippen LogP contribution < -0.4 is 10.1 Å². The number of nitrogens with one attached hydrogen (secondary N) is 1. The van der Waals surface area contributed by atoms with E-state index in [0.717, 1.165) is 4.90 Å². The summed E-state index contributed by atoms with van der Waals surface area (Å²) in [5, 5.41) is 22.0. The summed E-state index contributed by atoms with van der Waals surface area (Å²) in [6.45, 7) is 0.379. The molecule has 0 aliphatic carbocycles. The molecule has 9 nitrogen and oxygen atoms in total. The number of aromatic nitrogens is 3. The van der Waals surface area contributed by atoms with Gasteiger partial charge in [-0.2, -0.15) is 5.26 Å². The first-order chi connectivity index (χ1) is 16.8. The molecule has 1 saturated heterocycles. The third-order valence-electron chi connectivity index (χ3n) is 5.43. The van der Waals surface area contributed by atoms with Crippen LogP contribution in [0.3, 0.4) is 0 Å². The Labute approximate surface area is 200 Å². The molecule has 0 saturated carbocycles. The molecule has 35 heavy (non-hydrogen) atoms. The number of piperidine rings is 1. The van der Waals surface area contributed by atoms with E-state index in [-0.39, 0.29) is 24.3 Å². The number of likely N-dealkylation sites (tertiary alicyclic amines) is 1. The lowest BCUT2D eigenvalue weighted by Crippen LogP contribution is -2.56. The average Bonchev–Trinajstić information content (AvgIpc) is 2.85. The van der Waals surface area contributed by atoms with Gasteiger partial charge in [0, 0.05) is 30.9 Å². The van der Waals surface area contributed by atoms with Crippen LogP contribution in [0, 0.1) is 11.3 Å². The number of aliphatic hydroxyl groups is 1. The number of anilines is 2. The lowest BCUT2D eigenvalue weighted by atomic mass is 10.0. The van der Waals surface area contributed by atoms with Gasteiger partial charge in [0.1, 0.15) is 23.7 Å². The second-order valence-corrected chi connectivity index (χ2v) is 8.02. The third-order valence-corrected chi connectivity index (χ3v) is 5.43. The van der Waals surface area contributed by atoms with Gasteiger partial charge in [-0.15, -0.1) is 0 Å². The molecule has 3 aromatic rings. The van der Waals surface area contributed by atoms with E-state index in [2.05, 4.69) is 20.3 Å². The van der Waals surface area contributed by atoms with Gasteiger partial charge in [-0.1, -0.05) is 6.07 Å². The van der Waals surface area contributed by atoms with Gasteiger partial charge in [-0.3, -0.25) is 4.79 Å². The standard InChI is InChI=1S/C24H22F2N6O3/c1-15(33)22(34)32-11-8-20(24(25,26)14-32)35-19-6-5-16(12-17(19)13-27)18-7-10-29-23(30-18)31-21-4-2-3-9-28-21/h2-7,9-10,12,15,20,33H,8,11,14H2,1H3,(H,28,29,30,31)/t15-,20?/m0/s1. The monoisotopic (exact) mass is 480 g/mol. The molecule has 1 aliphatic rings. The Bertz CT molecular complexity index is 1250. The van der Waals surface area contributed by atoms with Gasteiger partial charge in [-0.05, 0) is 43.3 Å². The van der Waals surface area contributed by atoms with Crippen LogP contribution in [0.25, 0.3) is 11.3 Å². The minimum atomic E-state index is -3.35.